The first-order chi connectivity index (χ1) is 8.28. The second kappa shape index (κ2) is 7.14. The molecule has 0 saturated heterocycles. The Morgan fingerprint density at radius 3 is 2.06 bits per heavy atom. The van der Waals surface area contributed by atoms with Crippen LogP contribution in [-0.2, 0) is 17.8 Å². The Hall–Kier alpha value is -1.26. The molecular weight excluding hydrogens is 218 g/mol. The van der Waals surface area contributed by atoms with Crippen LogP contribution in [0.15, 0.2) is 12.1 Å². The molecule has 17 heavy (non-hydrogen) atoms. The molecule has 1 aromatic carbocycles. The summed E-state index contributed by atoms with van der Waals surface area (Å²) in [5.41, 5.74) is 2.20. The zero-order valence-electron chi connectivity index (χ0n) is 11.0. The predicted octanol–water partition coefficient (Wildman–Crippen LogP) is 1.61. The number of rotatable bonds is 7. The highest BCUT2D eigenvalue weighted by molar-refractivity contribution is 5.48. The Morgan fingerprint density at radius 2 is 1.59 bits per heavy atom. The van der Waals surface area contributed by atoms with Gasteiger partial charge in [0.1, 0.15) is 11.5 Å². The van der Waals surface area contributed by atoms with E-state index in [1.165, 1.54) is 0 Å². The van der Waals surface area contributed by atoms with E-state index in [1.807, 2.05) is 19.2 Å². The van der Waals surface area contributed by atoms with Gasteiger partial charge in [-0.25, -0.2) is 0 Å². The van der Waals surface area contributed by atoms with Crippen LogP contribution in [0.25, 0.3) is 0 Å². The van der Waals surface area contributed by atoms with Crippen molar-refractivity contribution in [1.29, 1.82) is 0 Å². The Labute approximate surface area is 103 Å². The standard InChI is InChI=1S/C13H21NO3/c1-14-8-7-10-11(9-15-2)13(17-4)6-5-12(10)16-3/h5-6,14H,7-9H2,1-4H3. The first kappa shape index (κ1) is 13.8. The van der Waals surface area contributed by atoms with Gasteiger partial charge >= 0.3 is 0 Å². The van der Waals surface area contributed by atoms with Gasteiger partial charge in [0, 0.05) is 18.2 Å². The first-order valence-electron chi connectivity index (χ1n) is 5.64. The van der Waals surface area contributed by atoms with Crippen LogP contribution in [0.3, 0.4) is 0 Å². The molecule has 0 aliphatic heterocycles. The maximum absolute atomic E-state index is 5.39. The molecule has 0 spiro atoms. The normalized spacial score (nSPS) is 10.4. The van der Waals surface area contributed by atoms with E-state index in [0.29, 0.717) is 6.61 Å². The lowest BCUT2D eigenvalue weighted by molar-refractivity contribution is 0.180. The van der Waals surface area contributed by atoms with Crippen LogP contribution >= 0.6 is 0 Å². The summed E-state index contributed by atoms with van der Waals surface area (Å²) < 4.78 is 16.0. The van der Waals surface area contributed by atoms with E-state index in [0.717, 1.165) is 35.6 Å². The van der Waals surface area contributed by atoms with Crippen molar-refractivity contribution in [2.45, 2.75) is 13.0 Å². The maximum Gasteiger partial charge on any atom is 0.124 e. The van der Waals surface area contributed by atoms with Gasteiger partial charge in [0.25, 0.3) is 0 Å². The molecule has 0 atom stereocenters. The maximum atomic E-state index is 5.39. The molecule has 4 nitrogen and oxygen atoms in total. The largest absolute Gasteiger partial charge is 0.496 e. The van der Waals surface area contributed by atoms with Crippen LogP contribution in [0.2, 0.25) is 0 Å². The van der Waals surface area contributed by atoms with E-state index < -0.39 is 0 Å². The molecule has 0 saturated carbocycles. The summed E-state index contributed by atoms with van der Waals surface area (Å²) in [5, 5.41) is 3.14. The van der Waals surface area contributed by atoms with Gasteiger partial charge in [-0.15, -0.1) is 0 Å². The lowest BCUT2D eigenvalue weighted by atomic mass is 10.0. The van der Waals surface area contributed by atoms with Gasteiger partial charge in [0.15, 0.2) is 0 Å². The van der Waals surface area contributed by atoms with Gasteiger partial charge in [-0.1, -0.05) is 0 Å². The third kappa shape index (κ3) is 3.35. The molecule has 1 aromatic rings. The summed E-state index contributed by atoms with van der Waals surface area (Å²) in [6, 6.07) is 3.85. The van der Waals surface area contributed by atoms with Crippen molar-refractivity contribution in [3.63, 3.8) is 0 Å². The summed E-state index contributed by atoms with van der Waals surface area (Å²) in [6.45, 7) is 1.42. The topological polar surface area (TPSA) is 39.7 Å². The van der Waals surface area contributed by atoms with Gasteiger partial charge in [-0.3, -0.25) is 0 Å². The molecular formula is C13H21NO3. The number of benzene rings is 1. The molecule has 0 aliphatic carbocycles. The highest BCUT2D eigenvalue weighted by atomic mass is 16.5. The fourth-order valence-corrected chi connectivity index (χ4v) is 1.86. The monoisotopic (exact) mass is 239 g/mol. The van der Waals surface area contributed by atoms with Crippen LogP contribution in [0.4, 0.5) is 0 Å². The summed E-state index contributed by atoms with van der Waals surface area (Å²) in [6.07, 6.45) is 0.884. The van der Waals surface area contributed by atoms with Crippen LogP contribution in [0.1, 0.15) is 11.1 Å². The van der Waals surface area contributed by atoms with Crippen molar-refractivity contribution in [2.24, 2.45) is 0 Å². The first-order valence-corrected chi connectivity index (χ1v) is 5.64. The highest BCUT2D eigenvalue weighted by Gasteiger charge is 2.14. The number of hydrogen-bond acceptors (Lipinski definition) is 4. The zero-order chi connectivity index (χ0) is 12.7. The van der Waals surface area contributed by atoms with E-state index in [9.17, 15) is 0 Å². The average molecular weight is 239 g/mol. The second-order valence-corrected chi connectivity index (χ2v) is 3.71. The minimum atomic E-state index is 0.527. The van der Waals surface area contributed by atoms with Crippen molar-refractivity contribution in [2.75, 3.05) is 34.9 Å². The van der Waals surface area contributed by atoms with Crippen molar-refractivity contribution in [3.05, 3.63) is 23.3 Å². The number of nitrogens with one attached hydrogen (secondary N) is 1. The summed E-state index contributed by atoms with van der Waals surface area (Å²) >= 11 is 0. The predicted molar refractivity (Wildman–Crippen MR) is 67.9 cm³/mol. The Balaban J connectivity index is 3.15. The molecule has 0 radical (unpaired) electrons. The SMILES string of the molecule is CNCCc1c(OC)ccc(OC)c1COC. The molecule has 0 bridgehead atoms. The molecule has 1 rings (SSSR count). The van der Waals surface area contributed by atoms with Gasteiger partial charge in [0.05, 0.1) is 20.8 Å². The molecule has 0 unspecified atom stereocenters. The van der Waals surface area contributed by atoms with E-state index in [4.69, 9.17) is 14.2 Å². The minimum absolute atomic E-state index is 0.527. The van der Waals surface area contributed by atoms with E-state index in [1.54, 1.807) is 21.3 Å². The quantitative estimate of drug-likeness (QED) is 0.784. The van der Waals surface area contributed by atoms with Gasteiger partial charge in [-0.2, -0.15) is 0 Å². The fraction of sp³-hybridized carbons (Fsp3) is 0.538. The van der Waals surface area contributed by atoms with Crippen molar-refractivity contribution >= 4 is 0 Å². The molecule has 0 aromatic heterocycles. The number of methoxy groups -OCH3 is 3. The molecule has 0 fully saturated rings. The lowest BCUT2D eigenvalue weighted by Gasteiger charge is -2.16. The Kier molecular flexibility index (Phi) is 5.80. The number of likely N-dealkylation sites (N-methyl/N-ethyl adjacent to an activating group) is 1. The van der Waals surface area contributed by atoms with Crippen LogP contribution in [-0.4, -0.2) is 34.9 Å². The zero-order valence-corrected chi connectivity index (χ0v) is 11.0. The highest BCUT2D eigenvalue weighted by Crippen LogP contribution is 2.31. The van der Waals surface area contributed by atoms with E-state index in [2.05, 4.69) is 5.32 Å². The molecule has 4 heteroatoms. The third-order valence-electron chi connectivity index (χ3n) is 2.70. The minimum Gasteiger partial charge on any atom is -0.496 e. The average Bonchev–Trinajstić information content (AvgIpc) is 2.37. The van der Waals surface area contributed by atoms with Crippen LogP contribution in [0, 0.1) is 0 Å². The Bertz CT molecular complexity index is 353. The smallest absolute Gasteiger partial charge is 0.124 e. The van der Waals surface area contributed by atoms with Gasteiger partial charge < -0.3 is 19.5 Å². The van der Waals surface area contributed by atoms with Crippen LogP contribution in [0.5, 0.6) is 11.5 Å². The van der Waals surface area contributed by atoms with Gasteiger partial charge in [-0.05, 0) is 32.1 Å². The van der Waals surface area contributed by atoms with Gasteiger partial charge in [0.2, 0.25) is 0 Å². The van der Waals surface area contributed by atoms with Crippen molar-refractivity contribution < 1.29 is 14.2 Å². The Morgan fingerprint density at radius 1 is 1.00 bits per heavy atom. The van der Waals surface area contributed by atoms with Crippen LogP contribution < -0.4 is 14.8 Å². The number of hydrogen-bond donors (Lipinski definition) is 1. The number of ether oxygens (including phenoxy) is 3. The molecule has 0 heterocycles. The third-order valence-corrected chi connectivity index (χ3v) is 2.70. The second-order valence-electron chi connectivity index (χ2n) is 3.71. The lowest BCUT2D eigenvalue weighted by Crippen LogP contribution is -2.13. The summed E-state index contributed by atoms with van der Waals surface area (Å²) in [5.74, 6) is 1.73. The van der Waals surface area contributed by atoms with E-state index in [-0.39, 0.29) is 0 Å². The molecule has 96 valence electrons. The fourth-order valence-electron chi connectivity index (χ4n) is 1.86. The summed E-state index contributed by atoms with van der Waals surface area (Å²) in [7, 11) is 6.97. The molecule has 0 aliphatic rings. The van der Waals surface area contributed by atoms with E-state index >= 15 is 0 Å². The van der Waals surface area contributed by atoms with Crippen molar-refractivity contribution in [3.8, 4) is 11.5 Å². The summed E-state index contributed by atoms with van der Waals surface area (Å²) in [4.78, 5) is 0. The molecule has 0 amide bonds. The molecule has 1 N–H and O–H groups in total. The van der Waals surface area contributed by atoms with Crippen molar-refractivity contribution in [1.82, 2.24) is 5.32 Å².